The van der Waals surface area contributed by atoms with Crippen LogP contribution < -0.4 is 0 Å². The third kappa shape index (κ3) is 27.8. The van der Waals surface area contributed by atoms with E-state index in [4.69, 9.17) is 24.4 Å². The van der Waals surface area contributed by atoms with Gasteiger partial charge in [-0.05, 0) is 26.2 Å². The van der Waals surface area contributed by atoms with Crippen molar-refractivity contribution in [2.75, 3.05) is 19.8 Å². The van der Waals surface area contributed by atoms with E-state index >= 15 is 0 Å². The molecule has 1 atom stereocenters. The second kappa shape index (κ2) is 26.0. The van der Waals surface area contributed by atoms with Crippen molar-refractivity contribution in [1.82, 2.24) is 0 Å². The van der Waals surface area contributed by atoms with E-state index in [9.17, 15) is 19.2 Å². The first-order chi connectivity index (χ1) is 19.0. The second-order valence-electron chi connectivity index (χ2n) is 9.46. The maximum absolute atomic E-state index is 11.2. The number of hydrogen-bond acceptors (Lipinski definition) is 7. The summed E-state index contributed by atoms with van der Waals surface area (Å²) < 4.78 is 14.7. The van der Waals surface area contributed by atoms with Gasteiger partial charge in [0.15, 0.2) is 0 Å². The van der Waals surface area contributed by atoms with Crippen LogP contribution in [-0.2, 0) is 33.4 Å². The van der Waals surface area contributed by atoms with E-state index in [1.54, 1.807) is 13.8 Å². The van der Waals surface area contributed by atoms with Crippen LogP contribution in [0.1, 0.15) is 97.8 Å². The number of carboxylic acid groups (broad SMARTS) is 2. The number of carboxylic acids is 2. The summed E-state index contributed by atoms with van der Waals surface area (Å²) in [7, 11) is 0. The molecule has 1 saturated heterocycles. The van der Waals surface area contributed by atoms with Crippen LogP contribution in [-0.4, -0.2) is 60.0 Å². The van der Waals surface area contributed by atoms with E-state index < -0.39 is 17.9 Å². The smallest absolute Gasteiger partial charge is 0.333 e. The average molecular weight is 567 g/mol. The van der Waals surface area contributed by atoms with Crippen molar-refractivity contribution in [2.45, 2.75) is 104 Å². The van der Waals surface area contributed by atoms with Crippen LogP contribution in [0.15, 0.2) is 48.6 Å². The number of esters is 2. The van der Waals surface area contributed by atoms with Gasteiger partial charge in [-0.2, -0.15) is 0 Å². The van der Waals surface area contributed by atoms with E-state index in [2.05, 4.69) is 26.7 Å². The fourth-order valence-electron chi connectivity index (χ4n) is 2.85. The lowest BCUT2D eigenvalue weighted by atomic mass is 10.1. The van der Waals surface area contributed by atoms with Gasteiger partial charge in [-0.25, -0.2) is 19.2 Å². The Labute approximate surface area is 240 Å². The summed E-state index contributed by atoms with van der Waals surface area (Å²) >= 11 is 0. The summed E-state index contributed by atoms with van der Waals surface area (Å²) in [5.41, 5.74) is 0.982. The number of aliphatic carboxylic acids is 2. The Balaban J connectivity index is 0. The molecule has 228 valence electrons. The van der Waals surface area contributed by atoms with E-state index in [-0.39, 0.29) is 36.2 Å². The van der Waals surface area contributed by atoms with Crippen molar-refractivity contribution < 1.29 is 43.6 Å². The monoisotopic (exact) mass is 566 g/mol. The molecule has 0 spiro atoms. The summed E-state index contributed by atoms with van der Waals surface area (Å²) in [5.74, 6) is -2.73. The Bertz CT molecular complexity index is 823. The molecule has 1 aliphatic rings. The molecular weight excluding hydrogens is 516 g/mol. The van der Waals surface area contributed by atoms with Gasteiger partial charge in [0.05, 0.1) is 13.2 Å². The number of epoxide rings is 1. The maximum atomic E-state index is 11.2. The highest BCUT2D eigenvalue weighted by Crippen LogP contribution is 2.11. The predicted molar refractivity (Wildman–Crippen MR) is 156 cm³/mol. The van der Waals surface area contributed by atoms with Gasteiger partial charge >= 0.3 is 23.9 Å². The van der Waals surface area contributed by atoms with Crippen molar-refractivity contribution in [1.29, 1.82) is 0 Å². The number of ether oxygens (including phenoxy) is 3. The minimum Gasteiger partial charge on any atom is -0.478 e. The molecule has 0 aromatic carbocycles. The lowest BCUT2D eigenvalue weighted by molar-refractivity contribution is -0.140. The van der Waals surface area contributed by atoms with Crippen molar-refractivity contribution in [2.24, 2.45) is 0 Å². The zero-order chi connectivity index (χ0) is 30.8. The molecule has 0 bridgehead atoms. The zero-order valence-electron chi connectivity index (χ0n) is 24.7. The fraction of sp³-hybridized carbons (Fsp3) is 0.613. The molecule has 9 nitrogen and oxygen atoms in total. The lowest BCUT2D eigenvalue weighted by Gasteiger charge is -2.04. The van der Waals surface area contributed by atoms with Crippen molar-refractivity contribution in [3.8, 4) is 0 Å². The molecule has 1 rings (SSSR count). The number of carbonyl (C=O) groups excluding carboxylic acids is 2. The Morgan fingerprint density at radius 3 is 1.75 bits per heavy atom. The molecule has 0 amide bonds. The first-order valence-electron chi connectivity index (χ1n) is 14.1. The number of hydrogen-bond donors (Lipinski definition) is 2. The van der Waals surface area contributed by atoms with Crippen LogP contribution in [0.5, 0.6) is 0 Å². The molecule has 0 aromatic heterocycles. The summed E-state index contributed by atoms with van der Waals surface area (Å²) in [6.07, 6.45) is 16.0. The second-order valence-corrected chi connectivity index (χ2v) is 9.46. The number of rotatable bonds is 20. The molecule has 1 unspecified atom stereocenters. The van der Waals surface area contributed by atoms with Crippen LogP contribution in [0, 0.1) is 0 Å². The summed E-state index contributed by atoms with van der Waals surface area (Å²) in [5, 5.41) is 16.4. The van der Waals surface area contributed by atoms with E-state index in [1.807, 2.05) is 0 Å². The van der Waals surface area contributed by atoms with Crippen LogP contribution in [0.4, 0.5) is 0 Å². The molecular formula is C31H50O9. The first-order valence-corrected chi connectivity index (χ1v) is 14.1. The molecule has 0 radical (unpaired) electrons. The SMILES string of the molecule is C=C(C)C(=O)OCCCCCCCCCCCC.C=C(CC)C(=O)O.C=C(CC=CC(=O)O)C(=O)OCC1CO1. The normalized spacial score (nSPS) is 13.1. The third-order valence-corrected chi connectivity index (χ3v) is 5.52. The molecule has 1 heterocycles. The van der Waals surface area contributed by atoms with Gasteiger partial charge in [0.1, 0.15) is 12.7 Å². The van der Waals surface area contributed by atoms with Crippen LogP contribution >= 0.6 is 0 Å². The van der Waals surface area contributed by atoms with E-state index in [0.717, 1.165) is 12.5 Å². The summed E-state index contributed by atoms with van der Waals surface area (Å²) in [6.45, 7) is 17.4. The Hall–Kier alpha value is -3.20. The van der Waals surface area contributed by atoms with Crippen LogP contribution in [0.2, 0.25) is 0 Å². The molecule has 40 heavy (non-hydrogen) atoms. The third-order valence-electron chi connectivity index (χ3n) is 5.52. The predicted octanol–water partition coefficient (Wildman–Crippen LogP) is 6.58. The first kappa shape index (κ1) is 38.9. The zero-order valence-corrected chi connectivity index (χ0v) is 24.7. The highest BCUT2D eigenvalue weighted by Gasteiger charge is 2.24. The van der Waals surface area contributed by atoms with E-state index in [0.29, 0.717) is 25.2 Å². The summed E-state index contributed by atoms with van der Waals surface area (Å²) in [6, 6.07) is 0. The van der Waals surface area contributed by atoms with Crippen molar-refractivity contribution in [3.63, 3.8) is 0 Å². The molecule has 0 aromatic rings. The molecule has 1 fully saturated rings. The van der Waals surface area contributed by atoms with Crippen molar-refractivity contribution >= 4 is 23.9 Å². The van der Waals surface area contributed by atoms with Gasteiger partial charge in [-0.3, -0.25) is 0 Å². The average Bonchev–Trinajstić information content (AvgIpc) is 3.74. The van der Waals surface area contributed by atoms with Gasteiger partial charge in [0, 0.05) is 22.8 Å². The van der Waals surface area contributed by atoms with Gasteiger partial charge in [0.2, 0.25) is 0 Å². The van der Waals surface area contributed by atoms with Crippen LogP contribution in [0.25, 0.3) is 0 Å². The fourth-order valence-corrected chi connectivity index (χ4v) is 2.85. The van der Waals surface area contributed by atoms with Gasteiger partial charge in [-0.15, -0.1) is 0 Å². The number of carbonyl (C=O) groups is 4. The molecule has 0 saturated carbocycles. The van der Waals surface area contributed by atoms with Crippen LogP contribution in [0.3, 0.4) is 0 Å². The topological polar surface area (TPSA) is 140 Å². The molecule has 0 aliphatic carbocycles. The highest BCUT2D eigenvalue weighted by molar-refractivity contribution is 5.88. The largest absolute Gasteiger partial charge is 0.478 e. The Kier molecular flexibility index (Phi) is 25.4. The van der Waals surface area contributed by atoms with Crippen molar-refractivity contribution in [3.05, 3.63) is 48.6 Å². The van der Waals surface area contributed by atoms with Gasteiger partial charge < -0.3 is 24.4 Å². The lowest BCUT2D eigenvalue weighted by Crippen LogP contribution is -2.11. The minimum absolute atomic E-state index is 0.0244. The molecule has 2 N–H and O–H groups in total. The standard InChI is InChI=1S/C16H30O2.C10H12O5.C5H8O2/c1-4-5-6-7-8-9-10-11-12-13-14-18-16(17)15(2)3;1-7(3-2-4-9(11)12)10(13)15-6-8-5-14-8;1-3-4(2)5(6)7/h2,4-14H2,1,3H3;2,4,8H,1,3,5-6H2,(H,11,12);2-3H2,1H3,(H,6,7). The Morgan fingerprint density at radius 2 is 1.35 bits per heavy atom. The molecule has 1 aliphatic heterocycles. The quantitative estimate of drug-likeness (QED) is 0.0723. The van der Waals surface area contributed by atoms with Gasteiger partial charge in [0.25, 0.3) is 0 Å². The minimum atomic E-state index is -1.05. The van der Waals surface area contributed by atoms with Gasteiger partial charge in [-0.1, -0.05) is 97.4 Å². The Morgan fingerprint density at radius 1 is 0.825 bits per heavy atom. The molecule has 9 heteroatoms. The highest BCUT2D eigenvalue weighted by atomic mass is 16.6. The van der Waals surface area contributed by atoms with E-state index in [1.165, 1.54) is 63.9 Å². The number of allylic oxidation sites excluding steroid dienone is 1. The number of unbranched alkanes of at least 4 members (excludes halogenated alkanes) is 9. The summed E-state index contributed by atoms with van der Waals surface area (Å²) in [4.78, 5) is 42.2. The maximum Gasteiger partial charge on any atom is 0.333 e.